The van der Waals surface area contributed by atoms with Crippen molar-refractivity contribution in [3.05, 3.63) is 35.4 Å². The number of thioether (sulfide) groups is 1. The van der Waals surface area contributed by atoms with Crippen LogP contribution < -0.4 is 5.32 Å². The van der Waals surface area contributed by atoms with Gasteiger partial charge in [0.2, 0.25) is 0 Å². The van der Waals surface area contributed by atoms with Crippen molar-refractivity contribution in [1.82, 2.24) is 5.32 Å². The molecule has 0 bridgehead atoms. The van der Waals surface area contributed by atoms with Gasteiger partial charge in [0.25, 0.3) is 0 Å². The first-order valence-electron chi connectivity index (χ1n) is 5.10. The summed E-state index contributed by atoms with van der Waals surface area (Å²) in [4.78, 5) is 4.22. The highest BCUT2D eigenvalue weighted by molar-refractivity contribution is 8.14. The van der Waals surface area contributed by atoms with E-state index in [1.807, 2.05) is 0 Å². The SMILES string of the molecule is Fc1cc(F)cc(CCNC2=NCCS2)c1. The molecule has 0 atom stereocenters. The zero-order valence-corrected chi connectivity index (χ0v) is 9.49. The number of halogens is 2. The largest absolute Gasteiger partial charge is 0.365 e. The first-order chi connectivity index (χ1) is 7.74. The maximum Gasteiger partial charge on any atom is 0.156 e. The van der Waals surface area contributed by atoms with Crippen LogP contribution in [0.3, 0.4) is 0 Å². The van der Waals surface area contributed by atoms with Gasteiger partial charge in [0.1, 0.15) is 11.6 Å². The summed E-state index contributed by atoms with van der Waals surface area (Å²) in [6.45, 7) is 1.50. The van der Waals surface area contributed by atoms with E-state index in [4.69, 9.17) is 0 Å². The molecule has 2 nitrogen and oxygen atoms in total. The lowest BCUT2D eigenvalue weighted by atomic mass is 10.1. The fourth-order valence-electron chi connectivity index (χ4n) is 1.51. The lowest BCUT2D eigenvalue weighted by molar-refractivity contribution is 0.579. The number of nitrogens with zero attached hydrogens (tertiary/aromatic N) is 1. The summed E-state index contributed by atoms with van der Waals surface area (Å²) in [7, 11) is 0. The van der Waals surface area contributed by atoms with Crippen LogP contribution in [0.5, 0.6) is 0 Å². The monoisotopic (exact) mass is 242 g/mol. The van der Waals surface area contributed by atoms with Crippen molar-refractivity contribution >= 4 is 16.9 Å². The summed E-state index contributed by atoms with van der Waals surface area (Å²) in [5.74, 6) is -0.0399. The van der Waals surface area contributed by atoms with Crippen LogP contribution in [0.15, 0.2) is 23.2 Å². The molecule has 16 heavy (non-hydrogen) atoms. The van der Waals surface area contributed by atoms with Gasteiger partial charge in [0.05, 0.1) is 6.54 Å². The Morgan fingerprint density at radius 3 is 2.62 bits per heavy atom. The number of hydrogen-bond acceptors (Lipinski definition) is 3. The maximum absolute atomic E-state index is 12.9. The lowest BCUT2D eigenvalue weighted by Crippen LogP contribution is -2.21. The van der Waals surface area contributed by atoms with Crippen molar-refractivity contribution in [3.63, 3.8) is 0 Å². The smallest absolute Gasteiger partial charge is 0.156 e. The third-order valence-corrected chi connectivity index (χ3v) is 3.13. The highest BCUT2D eigenvalue weighted by Crippen LogP contribution is 2.10. The van der Waals surface area contributed by atoms with Crippen LogP contribution in [-0.4, -0.2) is 24.0 Å². The zero-order valence-electron chi connectivity index (χ0n) is 8.67. The van der Waals surface area contributed by atoms with E-state index in [0.717, 1.165) is 23.5 Å². The third kappa shape index (κ3) is 3.20. The van der Waals surface area contributed by atoms with E-state index in [0.29, 0.717) is 18.5 Å². The van der Waals surface area contributed by atoms with E-state index in [2.05, 4.69) is 10.3 Å². The van der Waals surface area contributed by atoms with Crippen LogP contribution in [0.25, 0.3) is 0 Å². The standard InChI is InChI=1S/C11H12F2N2S/c12-9-5-8(6-10(13)7-9)1-2-14-11-15-3-4-16-11/h5-7H,1-4H2,(H,14,15). The number of nitrogens with one attached hydrogen (secondary N) is 1. The van der Waals surface area contributed by atoms with Crippen molar-refractivity contribution in [1.29, 1.82) is 0 Å². The Kier molecular flexibility index (Phi) is 3.77. The average molecular weight is 242 g/mol. The first-order valence-corrected chi connectivity index (χ1v) is 6.09. The number of aliphatic imine (C=N–C) groups is 1. The highest BCUT2D eigenvalue weighted by Gasteiger charge is 2.06. The van der Waals surface area contributed by atoms with E-state index in [-0.39, 0.29) is 0 Å². The first kappa shape index (κ1) is 11.4. The van der Waals surface area contributed by atoms with Crippen LogP contribution in [0.2, 0.25) is 0 Å². The molecule has 1 heterocycles. The molecule has 0 spiro atoms. The van der Waals surface area contributed by atoms with Crippen molar-refractivity contribution in [2.45, 2.75) is 6.42 Å². The summed E-state index contributed by atoms with van der Waals surface area (Å²) in [5.41, 5.74) is 0.661. The predicted molar refractivity (Wildman–Crippen MR) is 62.8 cm³/mol. The van der Waals surface area contributed by atoms with Crippen molar-refractivity contribution in [3.8, 4) is 0 Å². The van der Waals surface area contributed by atoms with Gasteiger partial charge >= 0.3 is 0 Å². The molecular weight excluding hydrogens is 230 g/mol. The van der Waals surface area contributed by atoms with Crippen LogP contribution in [-0.2, 0) is 6.42 Å². The minimum Gasteiger partial charge on any atom is -0.365 e. The van der Waals surface area contributed by atoms with Gasteiger partial charge in [-0.1, -0.05) is 11.8 Å². The predicted octanol–water partition coefficient (Wildman–Crippen LogP) is 2.20. The van der Waals surface area contributed by atoms with E-state index in [1.54, 1.807) is 11.8 Å². The van der Waals surface area contributed by atoms with Gasteiger partial charge < -0.3 is 5.32 Å². The number of benzene rings is 1. The van der Waals surface area contributed by atoms with Gasteiger partial charge in [0, 0.05) is 18.4 Å². The molecule has 2 rings (SSSR count). The quantitative estimate of drug-likeness (QED) is 0.878. The molecule has 5 heteroatoms. The molecule has 0 radical (unpaired) electrons. The molecule has 0 aliphatic carbocycles. The van der Waals surface area contributed by atoms with Crippen LogP contribution in [0, 0.1) is 11.6 Å². The Balaban J connectivity index is 1.84. The Morgan fingerprint density at radius 1 is 1.25 bits per heavy atom. The number of rotatable bonds is 3. The normalized spacial score (nSPS) is 15.0. The molecule has 1 aliphatic rings. The van der Waals surface area contributed by atoms with Crippen LogP contribution in [0.4, 0.5) is 8.78 Å². The van der Waals surface area contributed by atoms with Gasteiger partial charge in [-0.05, 0) is 24.1 Å². The molecule has 0 saturated carbocycles. The number of amidine groups is 1. The van der Waals surface area contributed by atoms with Gasteiger partial charge in [0.15, 0.2) is 5.17 Å². The molecule has 1 aromatic rings. The highest BCUT2D eigenvalue weighted by atomic mass is 32.2. The van der Waals surface area contributed by atoms with Crippen molar-refractivity contribution in [2.24, 2.45) is 4.99 Å². The molecule has 1 aromatic carbocycles. The molecule has 86 valence electrons. The third-order valence-electron chi connectivity index (χ3n) is 2.20. The van der Waals surface area contributed by atoms with E-state index in [1.165, 1.54) is 12.1 Å². The maximum atomic E-state index is 12.9. The Bertz CT molecular complexity index is 387. The summed E-state index contributed by atoms with van der Waals surface area (Å²) in [6, 6.07) is 3.59. The van der Waals surface area contributed by atoms with Crippen molar-refractivity contribution in [2.75, 3.05) is 18.8 Å². The summed E-state index contributed by atoms with van der Waals surface area (Å²) in [5, 5.41) is 4.06. The number of hydrogen-bond donors (Lipinski definition) is 1. The van der Waals surface area contributed by atoms with Crippen LogP contribution in [0.1, 0.15) is 5.56 Å². The van der Waals surface area contributed by atoms with Gasteiger partial charge in [-0.3, -0.25) is 4.99 Å². The van der Waals surface area contributed by atoms with E-state index in [9.17, 15) is 8.78 Å². The van der Waals surface area contributed by atoms with E-state index < -0.39 is 11.6 Å². The Hall–Kier alpha value is -1.10. The van der Waals surface area contributed by atoms with Crippen LogP contribution >= 0.6 is 11.8 Å². The minimum atomic E-state index is -0.525. The fourth-order valence-corrected chi connectivity index (χ4v) is 2.27. The molecule has 0 saturated heterocycles. The second kappa shape index (κ2) is 5.30. The Labute approximate surface area is 97.1 Å². The summed E-state index contributed by atoms with van der Waals surface area (Å²) in [6.07, 6.45) is 0.592. The molecule has 0 fully saturated rings. The summed E-state index contributed by atoms with van der Waals surface area (Å²) >= 11 is 1.67. The van der Waals surface area contributed by atoms with Crippen molar-refractivity contribution < 1.29 is 8.78 Å². The summed E-state index contributed by atoms with van der Waals surface area (Å²) < 4.78 is 25.7. The molecule has 1 N–H and O–H groups in total. The lowest BCUT2D eigenvalue weighted by Gasteiger charge is -2.05. The molecular formula is C11H12F2N2S. The van der Waals surface area contributed by atoms with E-state index >= 15 is 0 Å². The van der Waals surface area contributed by atoms with Gasteiger partial charge in [-0.15, -0.1) is 0 Å². The second-order valence-corrected chi connectivity index (χ2v) is 4.57. The molecule has 1 aliphatic heterocycles. The molecule has 0 amide bonds. The van der Waals surface area contributed by atoms with Gasteiger partial charge in [-0.2, -0.15) is 0 Å². The Morgan fingerprint density at radius 2 is 2.00 bits per heavy atom. The minimum absolute atomic E-state index is 0.525. The van der Waals surface area contributed by atoms with Gasteiger partial charge in [-0.25, -0.2) is 8.78 Å². The second-order valence-electron chi connectivity index (χ2n) is 3.49. The fraction of sp³-hybridized carbons (Fsp3) is 0.364. The zero-order chi connectivity index (χ0) is 11.4. The average Bonchev–Trinajstić information content (AvgIpc) is 2.69. The molecule has 0 aromatic heterocycles. The topological polar surface area (TPSA) is 24.4 Å². The molecule has 0 unspecified atom stereocenters.